The van der Waals surface area contributed by atoms with Gasteiger partial charge in [0.2, 0.25) is 5.91 Å². The van der Waals surface area contributed by atoms with Crippen molar-refractivity contribution in [3.63, 3.8) is 0 Å². The molecule has 0 spiro atoms. The van der Waals surface area contributed by atoms with Crippen LogP contribution in [-0.4, -0.2) is 39.4 Å². The first kappa shape index (κ1) is 16.1. The normalized spacial score (nSPS) is 21.8. The average Bonchev–Trinajstić information content (AvgIpc) is 3.05. The van der Waals surface area contributed by atoms with Crippen LogP contribution in [-0.2, 0) is 16.1 Å². The lowest BCUT2D eigenvalue weighted by Gasteiger charge is -2.28. The van der Waals surface area contributed by atoms with Crippen LogP contribution >= 0.6 is 23.1 Å². The van der Waals surface area contributed by atoms with Crippen molar-refractivity contribution in [3.8, 4) is 0 Å². The molecule has 114 valence electrons. The molecular weight excluding hydrogens is 306 g/mol. The van der Waals surface area contributed by atoms with E-state index in [9.17, 15) is 9.59 Å². The van der Waals surface area contributed by atoms with Crippen LogP contribution < -0.4 is 0 Å². The van der Waals surface area contributed by atoms with Crippen LogP contribution in [0.1, 0.15) is 30.2 Å². The lowest BCUT2D eigenvalue weighted by atomic mass is 10.0. The highest BCUT2D eigenvalue weighted by molar-refractivity contribution is 8.01. The summed E-state index contributed by atoms with van der Waals surface area (Å²) in [6.45, 7) is 2.59. The van der Waals surface area contributed by atoms with Crippen molar-refractivity contribution in [2.75, 3.05) is 12.8 Å². The van der Waals surface area contributed by atoms with E-state index in [0.29, 0.717) is 6.54 Å². The van der Waals surface area contributed by atoms with E-state index in [4.69, 9.17) is 5.11 Å². The Balaban J connectivity index is 1.98. The summed E-state index contributed by atoms with van der Waals surface area (Å²) >= 11 is 3.23. The molecule has 1 aliphatic heterocycles. The first-order chi connectivity index (χ1) is 9.90. The Labute approximate surface area is 132 Å². The first-order valence-electron chi connectivity index (χ1n) is 6.79. The number of amides is 1. The van der Waals surface area contributed by atoms with Crippen LogP contribution in [0.2, 0.25) is 0 Å². The molecule has 21 heavy (non-hydrogen) atoms. The fourth-order valence-corrected chi connectivity index (χ4v) is 4.52. The number of aliphatic carboxylic acids is 1. The van der Waals surface area contributed by atoms with Crippen LogP contribution in [0.5, 0.6) is 0 Å². The van der Waals surface area contributed by atoms with E-state index in [1.54, 1.807) is 22.7 Å². The van der Waals surface area contributed by atoms with Crippen molar-refractivity contribution in [2.24, 2.45) is 0 Å². The number of hydrogen-bond acceptors (Lipinski definition) is 4. The maximum atomic E-state index is 12.5. The Morgan fingerprint density at radius 1 is 1.52 bits per heavy atom. The first-order valence-corrected chi connectivity index (χ1v) is 8.65. The molecule has 0 bridgehead atoms. The number of nitrogens with zero attached hydrogens (tertiary/aromatic N) is 1. The van der Waals surface area contributed by atoms with E-state index in [1.807, 2.05) is 25.4 Å². The zero-order valence-electron chi connectivity index (χ0n) is 12.2. The third-order valence-electron chi connectivity index (χ3n) is 3.50. The van der Waals surface area contributed by atoms with Gasteiger partial charge in [-0.1, -0.05) is 0 Å². The highest BCUT2D eigenvalue weighted by atomic mass is 32.2. The highest BCUT2D eigenvalue weighted by Crippen LogP contribution is 2.39. The molecule has 1 fully saturated rings. The van der Waals surface area contributed by atoms with Gasteiger partial charge in [0.05, 0.1) is 4.75 Å². The molecule has 1 unspecified atom stereocenters. The maximum absolute atomic E-state index is 12.5. The number of carboxylic acids is 1. The molecule has 2 heterocycles. The summed E-state index contributed by atoms with van der Waals surface area (Å²) in [6, 6.07) is 1.93. The van der Waals surface area contributed by atoms with Crippen LogP contribution in [0.4, 0.5) is 0 Å². The molecule has 1 N–H and O–H groups in total. The van der Waals surface area contributed by atoms with E-state index in [2.05, 4.69) is 0 Å². The van der Waals surface area contributed by atoms with E-state index >= 15 is 0 Å². The van der Waals surface area contributed by atoms with E-state index in [0.717, 1.165) is 35.1 Å². The molecule has 0 aliphatic carbocycles. The summed E-state index contributed by atoms with van der Waals surface area (Å²) in [5.74, 6) is 0.279. The molecule has 0 aromatic carbocycles. The molecule has 6 heteroatoms. The van der Waals surface area contributed by atoms with Gasteiger partial charge in [-0.15, -0.1) is 23.1 Å². The van der Waals surface area contributed by atoms with Crippen molar-refractivity contribution in [3.05, 3.63) is 28.0 Å². The predicted octanol–water partition coefficient (Wildman–Crippen LogP) is 3.09. The molecule has 0 saturated carbocycles. The third kappa shape index (κ3) is 4.11. The molecule has 1 aromatic heterocycles. The van der Waals surface area contributed by atoms with Gasteiger partial charge in [0.15, 0.2) is 0 Å². The van der Waals surface area contributed by atoms with Gasteiger partial charge in [-0.3, -0.25) is 4.79 Å². The van der Waals surface area contributed by atoms with Gasteiger partial charge in [0.25, 0.3) is 0 Å². The van der Waals surface area contributed by atoms with Gasteiger partial charge in [0.1, 0.15) is 0 Å². The quantitative estimate of drug-likeness (QED) is 0.845. The van der Waals surface area contributed by atoms with Gasteiger partial charge in [-0.25, -0.2) is 4.79 Å². The zero-order chi connectivity index (χ0) is 15.5. The van der Waals surface area contributed by atoms with Gasteiger partial charge >= 0.3 is 5.97 Å². The van der Waals surface area contributed by atoms with E-state index in [1.165, 1.54) is 11.3 Å². The smallest absolute Gasteiger partial charge is 0.328 e. The predicted molar refractivity (Wildman–Crippen MR) is 87.6 cm³/mol. The minimum absolute atomic E-state index is 0.179. The summed E-state index contributed by atoms with van der Waals surface area (Å²) < 4.78 is -0.281. The second-order valence-corrected chi connectivity index (χ2v) is 7.91. The lowest BCUT2D eigenvalue weighted by molar-refractivity contribution is -0.133. The zero-order valence-corrected chi connectivity index (χ0v) is 13.8. The number of hydrogen-bond donors (Lipinski definition) is 1. The number of thiophene rings is 1. The van der Waals surface area contributed by atoms with E-state index in [-0.39, 0.29) is 10.7 Å². The number of thioether (sulfide) groups is 1. The maximum Gasteiger partial charge on any atom is 0.328 e. The SMILES string of the molecule is CN(Cc1csc(/C=C/C(=O)O)c1)C(=O)C1(C)CCCS1. The summed E-state index contributed by atoms with van der Waals surface area (Å²) in [4.78, 5) is 25.7. The van der Waals surface area contributed by atoms with Crippen molar-refractivity contribution >= 4 is 41.1 Å². The fourth-order valence-electron chi connectivity index (χ4n) is 2.42. The molecule has 1 aliphatic rings. The monoisotopic (exact) mass is 325 g/mol. The summed E-state index contributed by atoms with van der Waals surface area (Å²) in [5, 5.41) is 10.6. The van der Waals surface area contributed by atoms with Gasteiger partial charge in [0, 0.05) is 24.5 Å². The molecule has 1 amide bonds. The fraction of sp³-hybridized carbons (Fsp3) is 0.467. The van der Waals surface area contributed by atoms with Crippen LogP contribution in [0.3, 0.4) is 0 Å². The molecule has 0 radical (unpaired) electrons. The summed E-state index contributed by atoms with van der Waals surface area (Å²) in [6.07, 6.45) is 4.74. The summed E-state index contributed by atoms with van der Waals surface area (Å²) in [5.41, 5.74) is 1.03. The average molecular weight is 325 g/mol. The topological polar surface area (TPSA) is 57.6 Å². The second kappa shape index (κ2) is 6.66. The Bertz CT molecular complexity index is 559. The molecule has 1 atom stereocenters. The second-order valence-electron chi connectivity index (χ2n) is 5.37. The van der Waals surface area contributed by atoms with Crippen molar-refractivity contribution < 1.29 is 14.7 Å². The number of carbonyl (C=O) groups excluding carboxylic acids is 1. The van der Waals surface area contributed by atoms with Crippen LogP contribution in [0.25, 0.3) is 6.08 Å². The molecule has 1 aromatic rings. The summed E-state index contributed by atoms with van der Waals surface area (Å²) in [7, 11) is 1.83. The Kier molecular flexibility index (Phi) is 5.11. The number of carboxylic acid groups (broad SMARTS) is 1. The molecule has 4 nitrogen and oxygen atoms in total. The molecule has 1 saturated heterocycles. The minimum atomic E-state index is -0.955. The minimum Gasteiger partial charge on any atom is -0.478 e. The highest BCUT2D eigenvalue weighted by Gasteiger charge is 2.38. The van der Waals surface area contributed by atoms with Gasteiger partial charge in [-0.2, -0.15) is 0 Å². The molecule has 2 rings (SSSR count). The van der Waals surface area contributed by atoms with Crippen molar-refractivity contribution in [2.45, 2.75) is 31.1 Å². The largest absolute Gasteiger partial charge is 0.478 e. The van der Waals surface area contributed by atoms with E-state index < -0.39 is 5.97 Å². The number of carbonyl (C=O) groups is 2. The van der Waals surface area contributed by atoms with Crippen LogP contribution in [0.15, 0.2) is 17.5 Å². The lowest BCUT2D eigenvalue weighted by Crippen LogP contribution is -2.41. The number of rotatable bonds is 5. The van der Waals surface area contributed by atoms with Gasteiger partial charge < -0.3 is 10.0 Å². The standard InChI is InChI=1S/C15H19NO3S2/c1-15(6-3-7-21-15)14(19)16(2)9-11-8-12(20-10-11)4-5-13(17)18/h4-5,8,10H,3,6-7,9H2,1-2H3,(H,17,18)/b5-4+. The Morgan fingerprint density at radius 2 is 2.29 bits per heavy atom. The third-order valence-corrected chi connectivity index (χ3v) is 5.96. The van der Waals surface area contributed by atoms with Crippen LogP contribution in [0, 0.1) is 0 Å². The van der Waals surface area contributed by atoms with Gasteiger partial charge in [-0.05, 0) is 48.6 Å². The van der Waals surface area contributed by atoms with Crippen molar-refractivity contribution in [1.29, 1.82) is 0 Å². The Morgan fingerprint density at radius 3 is 2.90 bits per heavy atom. The van der Waals surface area contributed by atoms with Crippen molar-refractivity contribution in [1.82, 2.24) is 4.90 Å². The Hall–Kier alpha value is -1.27. The molecular formula is C15H19NO3S2.